The van der Waals surface area contributed by atoms with E-state index in [1.165, 1.54) is 6.42 Å². The lowest BCUT2D eigenvalue weighted by molar-refractivity contribution is 0.0850. The zero-order chi connectivity index (χ0) is 18.7. The molecular weight excluding hydrogens is 326 g/mol. The van der Waals surface area contributed by atoms with Crippen molar-refractivity contribution in [2.75, 3.05) is 26.2 Å². The molecular formula is C21H29N3O2. The van der Waals surface area contributed by atoms with Gasteiger partial charge in [0.25, 0.3) is 5.91 Å². The van der Waals surface area contributed by atoms with Gasteiger partial charge in [0.15, 0.2) is 0 Å². The van der Waals surface area contributed by atoms with Crippen molar-refractivity contribution in [2.24, 2.45) is 0 Å². The molecule has 1 aromatic heterocycles. The number of nitrogens with zero attached hydrogens (tertiary/aromatic N) is 2. The van der Waals surface area contributed by atoms with Crippen LogP contribution in [0.5, 0.6) is 0 Å². The van der Waals surface area contributed by atoms with Crippen molar-refractivity contribution >= 4 is 16.8 Å². The largest absolute Gasteiger partial charge is 0.395 e. The van der Waals surface area contributed by atoms with E-state index in [1.54, 1.807) is 0 Å². The highest BCUT2D eigenvalue weighted by atomic mass is 16.3. The van der Waals surface area contributed by atoms with Gasteiger partial charge in [-0.05, 0) is 57.9 Å². The molecule has 2 heterocycles. The lowest BCUT2D eigenvalue weighted by Crippen LogP contribution is -2.45. The summed E-state index contributed by atoms with van der Waals surface area (Å²) < 4.78 is 0. The van der Waals surface area contributed by atoms with E-state index in [2.05, 4.69) is 21.3 Å². The maximum absolute atomic E-state index is 12.8. The fraction of sp³-hybridized carbons (Fsp3) is 0.524. The number of nitrogens with one attached hydrogen (secondary N) is 1. The molecule has 1 atom stereocenters. The first kappa shape index (κ1) is 18.8. The molecule has 2 N–H and O–H groups in total. The van der Waals surface area contributed by atoms with Crippen LogP contribution in [0.2, 0.25) is 0 Å². The molecule has 0 saturated carbocycles. The first-order valence-electron chi connectivity index (χ1n) is 9.51. The van der Waals surface area contributed by atoms with Crippen LogP contribution < -0.4 is 5.32 Å². The zero-order valence-electron chi connectivity index (χ0n) is 16.0. The minimum Gasteiger partial charge on any atom is -0.395 e. The van der Waals surface area contributed by atoms with Gasteiger partial charge in [0, 0.05) is 30.2 Å². The molecule has 26 heavy (non-hydrogen) atoms. The molecule has 140 valence electrons. The van der Waals surface area contributed by atoms with E-state index >= 15 is 0 Å². The fourth-order valence-corrected chi connectivity index (χ4v) is 3.97. The van der Waals surface area contributed by atoms with Gasteiger partial charge in [-0.3, -0.25) is 14.7 Å². The van der Waals surface area contributed by atoms with E-state index < -0.39 is 0 Å². The van der Waals surface area contributed by atoms with Crippen molar-refractivity contribution in [2.45, 2.75) is 46.1 Å². The number of aryl methyl sites for hydroxylation is 3. The van der Waals surface area contributed by atoms with Crippen molar-refractivity contribution in [1.82, 2.24) is 15.2 Å². The molecule has 0 radical (unpaired) electrons. The van der Waals surface area contributed by atoms with E-state index in [0.29, 0.717) is 12.1 Å². The highest BCUT2D eigenvalue weighted by Gasteiger charge is 2.21. The first-order chi connectivity index (χ1) is 12.5. The SMILES string of the molecule is Cc1cc(C)c2nc(C)cc(C(=O)NCCN3CCCC[C@H]3CO)c2c1. The molecule has 5 heteroatoms. The minimum atomic E-state index is -0.0527. The monoisotopic (exact) mass is 355 g/mol. The van der Waals surface area contributed by atoms with Crippen molar-refractivity contribution in [1.29, 1.82) is 0 Å². The maximum atomic E-state index is 12.8. The predicted octanol–water partition coefficient (Wildman–Crippen LogP) is 2.74. The number of pyridine rings is 1. The number of rotatable bonds is 5. The number of hydrogen-bond donors (Lipinski definition) is 2. The van der Waals surface area contributed by atoms with Gasteiger partial charge >= 0.3 is 0 Å². The third-order valence-corrected chi connectivity index (χ3v) is 5.27. The van der Waals surface area contributed by atoms with Crippen molar-refractivity contribution in [3.05, 3.63) is 40.6 Å². The standard InChI is InChI=1S/C21H29N3O2/c1-14-10-15(2)20-18(11-14)19(12-16(3)23-20)21(26)22-7-9-24-8-5-4-6-17(24)13-25/h10-12,17,25H,4-9,13H2,1-3H3,(H,22,26)/t17-/m0/s1. The Hall–Kier alpha value is -1.98. The maximum Gasteiger partial charge on any atom is 0.252 e. The van der Waals surface area contributed by atoms with Gasteiger partial charge in [-0.1, -0.05) is 18.1 Å². The van der Waals surface area contributed by atoms with Crippen LogP contribution in [0.3, 0.4) is 0 Å². The molecule has 1 saturated heterocycles. The Labute approximate surface area is 155 Å². The van der Waals surface area contributed by atoms with Gasteiger partial charge in [0.05, 0.1) is 17.7 Å². The van der Waals surface area contributed by atoms with Gasteiger partial charge in [0.2, 0.25) is 0 Å². The number of likely N-dealkylation sites (tertiary alicyclic amines) is 1. The van der Waals surface area contributed by atoms with Gasteiger partial charge in [-0.25, -0.2) is 0 Å². The van der Waals surface area contributed by atoms with Crippen LogP contribution in [0.15, 0.2) is 18.2 Å². The molecule has 1 aromatic carbocycles. The molecule has 1 amide bonds. The van der Waals surface area contributed by atoms with Crippen molar-refractivity contribution in [3.63, 3.8) is 0 Å². The van der Waals surface area contributed by atoms with Crippen molar-refractivity contribution in [3.8, 4) is 0 Å². The van der Waals surface area contributed by atoms with Gasteiger partial charge in [-0.15, -0.1) is 0 Å². The molecule has 1 aliphatic heterocycles. The smallest absolute Gasteiger partial charge is 0.252 e. The summed E-state index contributed by atoms with van der Waals surface area (Å²) in [4.78, 5) is 19.7. The average Bonchev–Trinajstić information content (AvgIpc) is 2.62. The van der Waals surface area contributed by atoms with E-state index in [9.17, 15) is 9.90 Å². The Morgan fingerprint density at radius 2 is 2.08 bits per heavy atom. The van der Waals surface area contributed by atoms with Crippen LogP contribution in [0.25, 0.3) is 10.9 Å². The number of aromatic nitrogens is 1. The number of carbonyl (C=O) groups excluding carboxylic acids is 1. The molecule has 0 bridgehead atoms. The topological polar surface area (TPSA) is 65.5 Å². The summed E-state index contributed by atoms with van der Waals surface area (Å²) in [5.41, 5.74) is 4.67. The van der Waals surface area contributed by atoms with Crippen LogP contribution in [0.4, 0.5) is 0 Å². The van der Waals surface area contributed by atoms with E-state index in [-0.39, 0.29) is 18.6 Å². The number of carbonyl (C=O) groups is 1. The summed E-state index contributed by atoms with van der Waals surface area (Å²) in [6.07, 6.45) is 3.38. The average molecular weight is 355 g/mol. The number of benzene rings is 1. The summed E-state index contributed by atoms with van der Waals surface area (Å²) >= 11 is 0. The predicted molar refractivity (Wildman–Crippen MR) is 105 cm³/mol. The summed E-state index contributed by atoms with van der Waals surface area (Å²) in [5, 5.41) is 13.5. The number of aliphatic hydroxyl groups is 1. The second-order valence-corrected chi connectivity index (χ2v) is 7.41. The Kier molecular flexibility index (Phi) is 5.89. The normalized spacial score (nSPS) is 18.2. The van der Waals surface area contributed by atoms with Crippen LogP contribution in [-0.4, -0.2) is 53.2 Å². The molecule has 2 aromatic rings. The number of aliphatic hydroxyl groups excluding tert-OH is 1. The van der Waals surface area contributed by atoms with Gasteiger partial charge in [-0.2, -0.15) is 0 Å². The Morgan fingerprint density at radius 1 is 1.27 bits per heavy atom. The third kappa shape index (κ3) is 4.05. The molecule has 0 spiro atoms. The van der Waals surface area contributed by atoms with Crippen LogP contribution >= 0.6 is 0 Å². The van der Waals surface area contributed by atoms with Crippen molar-refractivity contribution < 1.29 is 9.90 Å². The number of amides is 1. The highest BCUT2D eigenvalue weighted by Crippen LogP contribution is 2.23. The minimum absolute atomic E-state index is 0.0527. The Balaban J connectivity index is 1.73. The second kappa shape index (κ2) is 8.14. The quantitative estimate of drug-likeness (QED) is 0.866. The Bertz CT molecular complexity index is 803. The molecule has 3 rings (SSSR count). The fourth-order valence-electron chi connectivity index (χ4n) is 3.97. The highest BCUT2D eigenvalue weighted by molar-refractivity contribution is 6.07. The Morgan fingerprint density at radius 3 is 2.85 bits per heavy atom. The molecule has 1 fully saturated rings. The first-order valence-corrected chi connectivity index (χ1v) is 9.51. The lowest BCUT2D eigenvalue weighted by atomic mass is 10.0. The van der Waals surface area contributed by atoms with Gasteiger partial charge in [0.1, 0.15) is 0 Å². The zero-order valence-corrected chi connectivity index (χ0v) is 16.0. The van der Waals surface area contributed by atoms with E-state index in [1.807, 2.05) is 32.9 Å². The summed E-state index contributed by atoms with van der Waals surface area (Å²) in [6, 6.07) is 6.24. The summed E-state index contributed by atoms with van der Waals surface area (Å²) in [6.45, 7) is 8.56. The van der Waals surface area contributed by atoms with E-state index in [0.717, 1.165) is 53.7 Å². The summed E-state index contributed by atoms with van der Waals surface area (Å²) in [5.74, 6) is -0.0527. The second-order valence-electron chi connectivity index (χ2n) is 7.41. The molecule has 0 unspecified atom stereocenters. The molecule has 0 aliphatic carbocycles. The van der Waals surface area contributed by atoms with Crippen LogP contribution in [0.1, 0.15) is 46.4 Å². The lowest BCUT2D eigenvalue weighted by Gasteiger charge is -2.34. The van der Waals surface area contributed by atoms with Crippen LogP contribution in [0, 0.1) is 20.8 Å². The number of fused-ring (bicyclic) bond motifs is 1. The number of hydrogen-bond acceptors (Lipinski definition) is 4. The van der Waals surface area contributed by atoms with Crippen LogP contribution in [-0.2, 0) is 0 Å². The number of piperidine rings is 1. The van der Waals surface area contributed by atoms with E-state index in [4.69, 9.17) is 0 Å². The van der Waals surface area contributed by atoms with Gasteiger partial charge < -0.3 is 10.4 Å². The molecule has 5 nitrogen and oxygen atoms in total. The summed E-state index contributed by atoms with van der Waals surface area (Å²) in [7, 11) is 0. The third-order valence-electron chi connectivity index (χ3n) is 5.27. The molecule has 1 aliphatic rings.